The van der Waals surface area contributed by atoms with Crippen LogP contribution in [-0.2, 0) is 11.2 Å². The van der Waals surface area contributed by atoms with Gasteiger partial charge in [-0.2, -0.15) is 0 Å². The second kappa shape index (κ2) is 5.96. The van der Waals surface area contributed by atoms with Gasteiger partial charge in [0.15, 0.2) is 0 Å². The summed E-state index contributed by atoms with van der Waals surface area (Å²) in [6.07, 6.45) is 0.0533. The molecular formula is C16H14O3. The zero-order chi connectivity index (χ0) is 13.7. The number of benzene rings is 2. The van der Waals surface area contributed by atoms with Crippen LogP contribution >= 0.6 is 0 Å². The summed E-state index contributed by atoms with van der Waals surface area (Å²) >= 11 is 0. The summed E-state index contributed by atoms with van der Waals surface area (Å²) in [5, 5.41) is 0. The molecule has 0 aliphatic heterocycles. The standard InChI is InChI=1S/C16H14O3/c1-19-15-10-6-5-9-13(15)11-14(17)16(18)12-7-3-2-4-8-12/h2-10H,11H2,1H3. The highest BCUT2D eigenvalue weighted by Gasteiger charge is 2.17. The van der Waals surface area contributed by atoms with E-state index in [1.165, 1.54) is 0 Å². The number of para-hydroxylation sites is 1. The summed E-state index contributed by atoms with van der Waals surface area (Å²) in [6.45, 7) is 0. The Morgan fingerprint density at radius 1 is 0.947 bits per heavy atom. The van der Waals surface area contributed by atoms with Gasteiger partial charge in [-0.15, -0.1) is 0 Å². The van der Waals surface area contributed by atoms with Crippen LogP contribution in [0.5, 0.6) is 5.75 Å². The van der Waals surface area contributed by atoms with E-state index < -0.39 is 11.6 Å². The van der Waals surface area contributed by atoms with Crippen molar-refractivity contribution in [2.45, 2.75) is 6.42 Å². The van der Waals surface area contributed by atoms with Gasteiger partial charge in [-0.05, 0) is 6.07 Å². The first-order valence-corrected chi connectivity index (χ1v) is 5.97. The lowest BCUT2D eigenvalue weighted by molar-refractivity contribution is -0.114. The Morgan fingerprint density at radius 3 is 2.26 bits per heavy atom. The minimum atomic E-state index is -0.466. The predicted octanol–water partition coefficient (Wildman–Crippen LogP) is 2.69. The van der Waals surface area contributed by atoms with E-state index in [1.54, 1.807) is 43.5 Å². The van der Waals surface area contributed by atoms with Crippen molar-refractivity contribution in [2.24, 2.45) is 0 Å². The molecule has 2 rings (SSSR count). The van der Waals surface area contributed by atoms with Crippen LogP contribution in [0.15, 0.2) is 54.6 Å². The summed E-state index contributed by atoms with van der Waals surface area (Å²) in [5.41, 5.74) is 1.14. The monoisotopic (exact) mass is 254 g/mol. The molecule has 3 nitrogen and oxygen atoms in total. The van der Waals surface area contributed by atoms with Gasteiger partial charge in [-0.25, -0.2) is 0 Å². The van der Waals surface area contributed by atoms with E-state index in [0.717, 1.165) is 5.56 Å². The number of hydrogen-bond acceptors (Lipinski definition) is 3. The van der Waals surface area contributed by atoms with Gasteiger partial charge < -0.3 is 4.74 Å². The van der Waals surface area contributed by atoms with E-state index >= 15 is 0 Å². The van der Waals surface area contributed by atoms with E-state index in [0.29, 0.717) is 11.3 Å². The lowest BCUT2D eigenvalue weighted by Gasteiger charge is -2.06. The molecule has 0 unspecified atom stereocenters. The quantitative estimate of drug-likeness (QED) is 0.608. The zero-order valence-electron chi connectivity index (χ0n) is 10.6. The third kappa shape index (κ3) is 3.07. The van der Waals surface area contributed by atoms with Gasteiger partial charge in [-0.3, -0.25) is 9.59 Å². The maximum absolute atomic E-state index is 12.0. The van der Waals surface area contributed by atoms with Crippen molar-refractivity contribution in [1.29, 1.82) is 0 Å². The first-order valence-electron chi connectivity index (χ1n) is 5.97. The van der Waals surface area contributed by atoms with E-state index in [2.05, 4.69) is 0 Å². The minimum absolute atomic E-state index is 0.0533. The highest BCUT2D eigenvalue weighted by atomic mass is 16.5. The first kappa shape index (κ1) is 13.0. The third-order valence-electron chi connectivity index (χ3n) is 2.83. The fourth-order valence-electron chi connectivity index (χ4n) is 1.85. The van der Waals surface area contributed by atoms with Gasteiger partial charge in [0, 0.05) is 17.5 Å². The van der Waals surface area contributed by atoms with Crippen LogP contribution in [0.3, 0.4) is 0 Å². The number of carbonyl (C=O) groups excluding carboxylic acids is 2. The van der Waals surface area contributed by atoms with Crippen LogP contribution in [0.2, 0.25) is 0 Å². The van der Waals surface area contributed by atoms with Gasteiger partial charge in [0.1, 0.15) is 5.75 Å². The molecule has 19 heavy (non-hydrogen) atoms. The van der Waals surface area contributed by atoms with Crippen molar-refractivity contribution in [3.63, 3.8) is 0 Å². The van der Waals surface area contributed by atoms with Crippen LogP contribution in [-0.4, -0.2) is 18.7 Å². The van der Waals surface area contributed by atoms with Crippen LogP contribution in [0, 0.1) is 0 Å². The molecule has 0 radical (unpaired) electrons. The smallest absolute Gasteiger partial charge is 0.228 e. The molecule has 0 amide bonds. The molecule has 0 aromatic heterocycles. The number of ketones is 2. The Balaban J connectivity index is 2.16. The van der Waals surface area contributed by atoms with E-state index in [1.807, 2.05) is 18.2 Å². The van der Waals surface area contributed by atoms with Crippen LogP contribution in [0.4, 0.5) is 0 Å². The second-order valence-corrected chi connectivity index (χ2v) is 4.11. The molecule has 0 N–H and O–H groups in total. The van der Waals surface area contributed by atoms with Crippen molar-refractivity contribution in [1.82, 2.24) is 0 Å². The topological polar surface area (TPSA) is 43.4 Å². The van der Waals surface area contributed by atoms with E-state index in [4.69, 9.17) is 4.74 Å². The van der Waals surface area contributed by atoms with Crippen molar-refractivity contribution >= 4 is 11.6 Å². The number of hydrogen-bond donors (Lipinski definition) is 0. The largest absolute Gasteiger partial charge is 0.496 e. The molecule has 0 spiro atoms. The minimum Gasteiger partial charge on any atom is -0.496 e. The molecule has 0 saturated carbocycles. The summed E-state index contributed by atoms with van der Waals surface area (Å²) in [7, 11) is 1.54. The molecule has 96 valence electrons. The fraction of sp³-hybridized carbons (Fsp3) is 0.125. The molecule has 0 bridgehead atoms. The SMILES string of the molecule is COc1ccccc1CC(=O)C(=O)c1ccccc1. The van der Waals surface area contributed by atoms with Gasteiger partial charge in [-0.1, -0.05) is 48.5 Å². The van der Waals surface area contributed by atoms with Crippen LogP contribution in [0.1, 0.15) is 15.9 Å². The van der Waals surface area contributed by atoms with Gasteiger partial charge in [0.2, 0.25) is 11.6 Å². The number of Topliss-reactive ketones (excluding diaryl/α,β-unsaturated/α-hetero) is 2. The Hall–Kier alpha value is -2.42. The lowest BCUT2D eigenvalue weighted by Crippen LogP contribution is -2.16. The normalized spacial score (nSPS) is 9.95. The van der Waals surface area contributed by atoms with E-state index in [-0.39, 0.29) is 6.42 Å². The molecule has 2 aromatic rings. The van der Waals surface area contributed by atoms with Gasteiger partial charge in [0.05, 0.1) is 7.11 Å². The average Bonchev–Trinajstić information content (AvgIpc) is 2.48. The molecule has 0 saturated heterocycles. The summed E-state index contributed by atoms with van der Waals surface area (Å²) in [5.74, 6) is -0.279. The van der Waals surface area contributed by atoms with Crippen molar-refractivity contribution in [3.05, 3.63) is 65.7 Å². The summed E-state index contributed by atoms with van der Waals surface area (Å²) in [6, 6.07) is 15.8. The van der Waals surface area contributed by atoms with Crippen molar-refractivity contribution in [2.75, 3.05) is 7.11 Å². The summed E-state index contributed by atoms with van der Waals surface area (Å²) < 4.78 is 5.17. The van der Waals surface area contributed by atoms with Crippen LogP contribution < -0.4 is 4.74 Å². The van der Waals surface area contributed by atoms with Crippen molar-refractivity contribution in [3.8, 4) is 5.75 Å². The molecule has 0 atom stereocenters. The van der Waals surface area contributed by atoms with Crippen LogP contribution in [0.25, 0.3) is 0 Å². The molecule has 0 heterocycles. The number of methoxy groups -OCH3 is 1. The van der Waals surface area contributed by atoms with Gasteiger partial charge in [0.25, 0.3) is 0 Å². The molecule has 0 aliphatic rings. The second-order valence-electron chi connectivity index (χ2n) is 4.11. The number of ether oxygens (including phenoxy) is 1. The molecule has 0 aliphatic carbocycles. The maximum Gasteiger partial charge on any atom is 0.228 e. The Labute approximate surface area is 111 Å². The Bertz CT molecular complexity index is 588. The van der Waals surface area contributed by atoms with E-state index in [9.17, 15) is 9.59 Å². The Kier molecular flexibility index (Phi) is 4.08. The Morgan fingerprint density at radius 2 is 1.58 bits per heavy atom. The molecule has 0 fully saturated rings. The summed E-state index contributed by atoms with van der Waals surface area (Å²) in [4.78, 5) is 23.9. The number of rotatable bonds is 5. The predicted molar refractivity (Wildman–Crippen MR) is 72.5 cm³/mol. The maximum atomic E-state index is 12.0. The third-order valence-corrected chi connectivity index (χ3v) is 2.83. The highest BCUT2D eigenvalue weighted by molar-refractivity contribution is 6.44. The first-order chi connectivity index (χ1) is 9.22. The lowest BCUT2D eigenvalue weighted by atomic mass is 10.0. The number of carbonyl (C=O) groups is 2. The highest BCUT2D eigenvalue weighted by Crippen LogP contribution is 2.18. The van der Waals surface area contributed by atoms with Crippen molar-refractivity contribution < 1.29 is 14.3 Å². The zero-order valence-corrected chi connectivity index (χ0v) is 10.6. The fourth-order valence-corrected chi connectivity index (χ4v) is 1.85. The molecule has 3 heteroatoms. The molecule has 2 aromatic carbocycles. The van der Waals surface area contributed by atoms with Gasteiger partial charge >= 0.3 is 0 Å². The average molecular weight is 254 g/mol. The molecular weight excluding hydrogens is 240 g/mol.